The molecule has 1 saturated heterocycles. The van der Waals surface area contributed by atoms with Gasteiger partial charge in [0.15, 0.2) is 0 Å². The third-order valence-electron chi connectivity index (χ3n) is 3.01. The Hall–Kier alpha value is -1.74. The van der Waals surface area contributed by atoms with Crippen molar-refractivity contribution in [1.29, 1.82) is 0 Å². The Balaban J connectivity index is 2.17. The van der Waals surface area contributed by atoms with Crippen molar-refractivity contribution in [3.05, 3.63) is 16.3 Å². The molecule has 0 amide bonds. The van der Waals surface area contributed by atoms with Crippen molar-refractivity contribution in [2.45, 2.75) is 25.1 Å². The van der Waals surface area contributed by atoms with Gasteiger partial charge in [0.1, 0.15) is 12.4 Å². The van der Waals surface area contributed by atoms with Gasteiger partial charge in [0.25, 0.3) is 0 Å². The molecule has 2 atom stereocenters. The van der Waals surface area contributed by atoms with Crippen LogP contribution in [0.15, 0.2) is 6.20 Å². The van der Waals surface area contributed by atoms with Gasteiger partial charge in [0.2, 0.25) is 0 Å². The van der Waals surface area contributed by atoms with Crippen LogP contribution in [-0.2, 0) is 4.74 Å². The third kappa shape index (κ3) is 3.23. The maximum absolute atomic E-state index is 13.8. The molecule has 0 aliphatic carbocycles. The highest BCUT2D eigenvalue weighted by molar-refractivity contribution is 5.38. The topological polar surface area (TPSA) is 99.7 Å². The van der Waals surface area contributed by atoms with Crippen LogP contribution >= 0.6 is 0 Å². The van der Waals surface area contributed by atoms with E-state index in [2.05, 4.69) is 5.10 Å². The van der Waals surface area contributed by atoms with Crippen molar-refractivity contribution in [2.75, 3.05) is 26.4 Å². The van der Waals surface area contributed by atoms with E-state index in [0.29, 0.717) is 19.4 Å². The van der Waals surface area contributed by atoms with Crippen LogP contribution in [0.2, 0.25) is 0 Å². The maximum Gasteiger partial charge on any atom is 0.350 e. The molecule has 0 bridgehead atoms. The smallest absolute Gasteiger partial charge is 0.350 e. The summed E-state index contributed by atoms with van der Waals surface area (Å²) in [6, 6.07) is -0.586. The molecule has 1 aliphatic heterocycles. The first-order valence-corrected chi connectivity index (χ1v) is 6.32. The van der Waals surface area contributed by atoms with Crippen molar-refractivity contribution >= 4 is 5.69 Å². The third-order valence-corrected chi connectivity index (χ3v) is 3.01. The largest absolute Gasteiger partial charge is 0.472 e. The lowest BCUT2D eigenvalue weighted by atomic mass is 10.1. The van der Waals surface area contributed by atoms with Gasteiger partial charge in [-0.3, -0.25) is 14.8 Å². The number of rotatable bonds is 6. The zero-order chi connectivity index (χ0) is 14.5. The van der Waals surface area contributed by atoms with Gasteiger partial charge in [0, 0.05) is 19.6 Å². The van der Waals surface area contributed by atoms with E-state index in [1.54, 1.807) is 0 Å². The van der Waals surface area contributed by atoms with E-state index < -0.39 is 17.1 Å². The SMILES string of the molecule is O=[N+]([O-])c1cn(C2CCOCC2F)nc1OCCCO. The number of aromatic nitrogens is 2. The van der Waals surface area contributed by atoms with Crippen molar-refractivity contribution in [3.63, 3.8) is 0 Å². The minimum absolute atomic E-state index is 0.0426. The van der Waals surface area contributed by atoms with Gasteiger partial charge in [-0.25, -0.2) is 4.39 Å². The molecule has 0 radical (unpaired) electrons. The molecule has 1 N–H and O–H groups in total. The molecule has 2 unspecified atom stereocenters. The molecule has 0 aromatic carbocycles. The molecule has 1 aliphatic rings. The summed E-state index contributed by atoms with van der Waals surface area (Å²) >= 11 is 0. The number of aliphatic hydroxyl groups excluding tert-OH is 1. The lowest BCUT2D eigenvalue weighted by Crippen LogP contribution is -2.31. The van der Waals surface area contributed by atoms with E-state index in [-0.39, 0.29) is 31.4 Å². The highest BCUT2D eigenvalue weighted by Gasteiger charge is 2.31. The molecule has 1 aromatic heterocycles. The predicted octanol–water partition coefficient (Wildman–Crippen LogP) is 0.852. The van der Waals surface area contributed by atoms with Crippen molar-refractivity contribution < 1.29 is 23.9 Å². The number of alkyl halides is 1. The Morgan fingerprint density at radius 3 is 3.15 bits per heavy atom. The van der Waals surface area contributed by atoms with Crippen LogP contribution < -0.4 is 4.74 Å². The van der Waals surface area contributed by atoms with E-state index in [1.165, 1.54) is 10.9 Å². The highest BCUT2D eigenvalue weighted by Crippen LogP contribution is 2.30. The second-order valence-corrected chi connectivity index (χ2v) is 4.43. The average molecular weight is 289 g/mol. The lowest BCUT2D eigenvalue weighted by Gasteiger charge is -2.25. The zero-order valence-corrected chi connectivity index (χ0v) is 10.8. The maximum atomic E-state index is 13.8. The highest BCUT2D eigenvalue weighted by atomic mass is 19.1. The Morgan fingerprint density at radius 2 is 2.50 bits per heavy atom. The van der Waals surface area contributed by atoms with Crippen LogP contribution in [0.3, 0.4) is 0 Å². The van der Waals surface area contributed by atoms with E-state index in [4.69, 9.17) is 14.6 Å². The Kier molecular flexibility index (Phi) is 4.85. The summed E-state index contributed by atoms with van der Waals surface area (Å²) in [5.41, 5.74) is -0.304. The zero-order valence-electron chi connectivity index (χ0n) is 10.8. The van der Waals surface area contributed by atoms with Gasteiger partial charge in [0.05, 0.1) is 24.2 Å². The van der Waals surface area contributed by atoms with Crippen LogP contribution in [-0.4, -0.2) is 52.4 Å². The summed E-state index contributed by atoms with van der Waals surface area (Å²) in [5.74, 6) is -0.151. The van der Waals surface area contributed by atoms with Gasteiger partial charge in [-0.2, -0.15) is 0 Å². The minimum atomic E-state index is -1.26. The number of aliphatic hydroxyl groups is 1. The molecule has 8 nitrogen and oxygen atoms in total. The molecule has 1 fully saturated rings. The van der Waals surface area contributed by atoms with E-state index in [9.17, 15) is 14.5 Å². The summed E-state index contributed by atoms with van der Waals surface area (Å²) < 4.78 is 25.1. The van der Waals surface area contributed by atoms with Crippen molar-refractivity contribution in [3.8, 4) is 5.88 Å². The monoisotopic (exact) mass is 289 g/mol. The molecule has 0 spiro atoms. The van der Waals surface area contributed by atoms with Crippen molar-refractivity contribution in [1.82, 2.24) is 9.78 Å². The fraction of sp³-hybridized carbons (Fsp3) is 0.727. The summed E-state index contributed by atoms with van der Waals surface area (Å²) in [7, 11) is 0. The van der Waals surface area contributed by atoms with E-state index in [1.807, 2.05) is 0 Å². The van der Waals surface area contributed by atoms with Gasteiger partial charge in [-0.05, 0) is 6.42 Å². The molecule has 2 rings (SSSR count). The Morgan fingerprint density at radius 1 is 1.70 bits per heavy atom. The Labute approximate surface area is 114 Å². The molecule has 0 saturated carbocycles. The van der Waals surface area contributed by atoms with Gasteiger partial charge in [-0.1, -0.05) is 0 Å². The molecule has 112 valence electrons. The van der Waals surface area contributed by atoms with Crippen LogP contribution in [0.5, 0.6) is 5.88 Å². The lowest BCUT2D eigenvalue weighted by molar-refractivity contribution is -0.386. The summed E-state index contributed by atoms with van der Waals surface area (Å²) in [5, 5.41) is 23.6. The number of nitro groups is 1. The van der Waals surface area contributed by atoms with Crippen LogP contribution in [0.1, 0.15) is 18.9 Å². The first kappa shape index (κ1) is 14.7. The summed E-state index contributed by atoms with van der Waals surface area (Å²) in [6.45, 7) is 0.376. The molecule has 9 heteroatoms. The first-order valence-electron chi connectivity index (χ1n) is 6.32. The van der Waals surface area contributed by atoms with Gasteiger partial charge < -0.3 is 14.6 Å². The number of halogens is 1. The average Bonchev–Trinajstić information content (AvgIpc) is 2.84. The number of hydrogen-bond donors (Lipinski definition) is 1. The van der Waals surface area contributed by atoms with E-state index in [0.717, 1.165) is 0 Å². The predicted molar refractivity (Wildman–Crippen MR) is 65.4 cm³/mol. The fourth-order valence-electron chi connectivity index (χ4n) is 1.99. The summed E-state index contributed by atoms with van der Waals surface area (Å²) in [6.07, 6.45) is 0.661. The molecular weight excluding hydrogens is 273 g/mol. The first-order chi connectivity index (χ1) is 9.63. The molecular formula is C11H16FN3O5. The van der Waals surface area contributed by atoms with Crippen LogP contribution in [0, 0.1) is 10.1 Å². The minimum Gasteiger partial charge on any atom is -0.472 e. The summed E-state index contributed by atoms with van der Waals surface area (Å²) in [4.78, 5) is 10.3. The Bertz CT molecular complexity index is 467. The standard InChI is InChI=1S/C11H16FN3O5/c12-8-7-19-5-2-9(8)14-6-10(15(17)18)11(13-14)20-4-1-3-16/h6,8-9,16H,1-5,7H2. The molecule has 2 heterocycles. The second kappa shape index (κ2) is 6.62. The van der Waals surface area contributed by atoms with E-state index >= 15 is 0 Å². The van der Waals surface area contributed by atoms with Gasteiger partial charge in [-0.15, -0.1) is 5.10 Å². The quantitative estimate of drug-likeness (QED) is 0.473. The number of hydrogen-bond acceptors (Lipinski definition) is 6. The van der Waals surface area contributed by atoms with Gasteiger partial charge >= 0.3 is 11.6 Å². The second-order valence-electron chi connectivity index (χ2n) is 4.43. The van der Waals surface area contributed by atoms with Crippen LogP contribution in [0.25, 0.3) is 0 Å². The van der Waals surface area contributed by atoms with Crippen LogP contribution in [0.4, 0.5) is 10.1 Å². The molecule has 20 heavy (non-hydrogen) atoms. The number of ether oxygens (including phenoxy) is 2. The number of nitrogens with zero attached hydrogens (tertiary/aromatic N) is 3. The normalized spacial score (nSPS) is 22.7. The van der Waals surface area contributed by atoms with Crippen molar-refractivity contribution in [2.24, 2.45) is 0 Å². The fourth-order valence-corrected chi connectivity index (χ4v) is 1.99. The molecule has 1 aromatic rings.